The zero-order chi connectivity index (χ0) is 22.2. The topological polar surface area (TPSA) is 89.6 Å². The van der Waals surface area contributed by atoms with E-state index in [9.17, 15) is 9.50 Å². The number of hydrogen-bond donors (Lipinski definition) is 4. The molecule has 5 aromatic rings. The van der Waals surface area contributed by atoms with Gasteiger partial charge >= 0.3 is 0 Å². The van der Waals surface area contributed by atoms with Crippen molar-refractivity contribution < 1.29 is 9.50 Å². The molecule has 0 saturated heterocycles. The predicted octanol–water partition coefficient (Wildman–Crippen LogP) is 5.95. The van der Waals surface area contributed by atoms with Crippen molar-refractivity contribution in [2.75, 3.05) is 5.32 Å². The van der Waals surface area contributed by atoms with E-state index in [0.717, 1.165) is 22.5 Å². The third-order valence-corrected chi connectivity index (χ3v) is 5.57. The highest BCUT2D eigenvalue weighted by Crippen LogP contribution is 2.38. The molecule has 0 unspecified atom stereocenters. The standard InChI is InChI=1S/C25H22FN5O/c1-14-10-18(16-6-4-3-5-7-16)23(30-14)15(2)31-25-22-20(12-27-24(22)28-13-29-25)19-11-17(26)8-9-21(19)32/h3-13,15,30,32H,1-2H3,(H2,27,28,29,31)/t15-/m0/s1. The van der Waals surface area contributed by atoms with E-state index >= 15 is 0 Å². The molecular weight excluding hydrogens is 405 g/mol. The highest BCUT2D eigenvalue weighted by molar-refractivity contribution is 6.02. The molecule has 0 radical (unpaired) electrons. The molecule has 3 aromatic heterocycles. The first kappa shape index (κ1) is 19.8. The summed E-state index contributed by atoms with van der Waals surface area (Å²) in [5, 5.41) is 14.5. The van der Waals surface area contributed by atoms with Crippen LogP contribution >= 0.6 is 0 Å². The SMILES string of the molecule is Cc1cc(-c2ccccc2)c([C@H](C)Nc2ncnc3[nH]cc(-c4cc(F)ccc4O)c23)[nH]1. The van der Waals surface area contributed by atoms with Gasteiger partial charge in [0.05, 0.1) is 11.4 Å². The van der Waals surface area contributed by atoms with Crippen LogP contribution in [0.4, 0.5) is 10.2 Å². The first-order chi connectivity index (χ1) is 15.5. The quantitative estimate of drug-likeness (QED) is 0.279. The van der Waals surface area contributed by atoms with Crippen molar-refractivity contribution >= 4 is 16.9 Å². The number of benzene rings is 2. The van der Waals surface area contributed by atoms with E-state index in [2.05, 4.69) is 50.4 Å². The molecule has 160 valence electrons. The minimum absolute atomic E-state index is 0.0125. The lowest BCUT2D eigenvalue weighted by Crippen LogP contribution is -2.10. The number of halogens is 1. The lowest BCUT2D eigenvalue weighted by Gasteiger charge is -2.17. The molecule has 0 spiro atoms. The number of aromatic nitrogens is 4. The maximum absolute atomic E-state index is 13.9. The fraction of sp³-hybridized carbons (Fsp3) is 0.120. The van der Waals surface area contributed by atoms with E-state index in [-0.39, 0.29) is 11.8 Å². The maximum Gasteiger partial charge on any atom is 0.143 e. The third-order valence-electron chi connectivity index (χ3n) is 5.57. The van der Waals surface area contributed by atoms with Crippen LogP contribution in [-0.2, 0) is 0 Å². The lowest BCUT2D eigenvalue weighted by molar-refractivity contribution is 0.475. The number of rotatable bonds is 5. The Kier molecular flexibility index (Phi) is 4.86. The van der Waals surface area contributed by atoms with Gasteiger partial charge < -0.3 is 20.4 Å². The Morgan fingerprint density at radius 1 is 1.00 bits per heavy atom. The van der Waals surface area contributed by atoms with Crippen molar-refractivity contribution in [1.29, 1.82) is 0 Å². The van der Waals surface area contributed by atoms with Gasteiger partial charge in [-0.2, -0.15) is 0 Å². The minimum atomic E-state index is -0.429. The third kappa shape index (κ3) is 3.47. The zero-order valence-corrected chi connectivity index (χ0v) is 17.6. The number of anilines is 1. The van der Waals surface area contributed by atoms with Crippen LogP contribution < -0.4 is 5.32 Å². The molecule has 7 heteroatoms. The molecule has 1 atom stereocenters. The fourth-order valence-electron chi connectivity index (χ4n) is 4.09. The molecule has 32 heavy (non-hydrogen) atoms. The second-order valence-electron chi connectivity index (χ2n) is 7.82. The summed E-state index contributed by atoms with van der Waals surface area (Å²) in [6.07, 6.45) is 3.18. The number of nitrogens with zero attached hydrogens (tertiary/aromatic N) is 2. The van der Waals surface area contributed by atoms with Gasteiger partial charge in [0.15, 0.2) is 0 Å². The summed E-state index contributed by atoms with van der Waals surface area (Å²) in [4.78, 5) is 15.3. The van der Waals surface area contributed by atoms with Crippen molar-refractivity contribution in [1.82, 2.24) is 19.9 Å². The van der Waals surface area contributed by atoms with Gasteiger partial charge in [-0.25, -0.2) is 14.4 Å². The molecule has 0 bridgehead atoms. The van der Waals surface area contributed by atoms with Crippen molar-refractivity contribution in [3.8, 4) is 28.0 Å². The molecule has 0 aliphatic heterocycles. The average molecular weight is 427 g/mol. The Hall–Kier alpha value is -4.13. The number of phenols is 1. The van der Waals surface area contributed by atoms with Crippen molar-refractivity contribution in [3.05, 3.63) is 84.3 Å². The fourth-order valence-corrected chi connectivity index (χ4v) is 4.09. The molecule has 0 aliphatic carbocycles. The van der Waals surface area contributed by atoms with Gasteiger partial charge in [0, 0.05) is 34.3 Å². The largest absolute Gasteiger partial charge is 0.507 e. The van der Waals surface area contributed by atoms with Gasteiger partial charge in [-0.3, -0.25) is 0 Å². The van der Waals surface area contributed by atoms with E-state index in [1.807, 2.05) is 25.1 Å². The summed E-state index contributed by atoms with van der Waals surface area (Å²) in [7, 11) is 0. The smallest absolute Gasteiger partial charge is 0.143 e. The molecule has 0 amide bonds. The number of H-pyrrole nitrogens is 2. The Labute approximate surface area is 184 Å². The first-order valence-electron chi connectivity index (χ1n) is 10.3. The van der Waals surface area contributed by atoms with Gasteiger partial charge in [0.1, 0.15) is 29.4 Å². The Morgan fingerprint density at radius 2 is 1.81 bits per heavy atom. The molecule has 6 nitrogen and oxygen atoms in total. The molecule has 0 aliphatic rings. The van der Waals surface area contributed by atoms with E-state index in [1.165, 1.54) is 24.5 Å². The highest BCUT2D eigenvalue weighted by atomic mass is 19.1. The summed E-state index contributed by atoms with van der Waals surface area (Å²) in [6, 6.07) is 16.1. The zero-order valence-electron chi connectivity index (χ0n) is 17.6. The molecular formula is C25H22FN5O. The van der Waals surface area contributed by atoms with Gasteiger partial charge in [0.2, 0.25) is 0 Å². The van der Waals surface area contributed by atoms with Crippen LogP contribution in [0, 0.1) is 12.7 Å². The molecule has 2 aromatic carbocycles. The van der Waals surface area contributed by atoms with Crippen LogP contribution in [0.3, 0.4) is 0 Å². The predicted molar refractivity (Wildman–Crippen MR) is 124 cm³/mol. The first-order valence-corrected chi connectivity index (χ1v) is 10.3. The molecule has 5 rings (SSSR count). The molecule has 4 N–H and O–H groups in total. The summed E-state index contributed by atoms with van der Waals surface area (Å²) in [5.74, 6) is 0.149. The van der Waals surface area contributed by atoms with Crippen LogP contribution in [0.2, 0.25) is 0 Å². The van der Waals surface area contributed by atoms with Gasteiger partial charge in [-0.05, 0) is 43.7 Å². The number of hydrogen-bond acceptors (Lipinski definition) is 4. The van der Waals surface area contributed by atoms with Crippen LogP contribution in [0.5, 0.6) is 5.75 Å². The Bertz CT molecular complexity index is 1410. The van der Waals surface area contributed by atoms with Crippen LogP contribution in [-0.4, -0.2) is 25.0 Å². The monoisotopic (exact) mass is 427 g/mol. The summed E-state index contributed by atoms with van der Waals surface area (Å²) in [5.41, 5.74) is 5.93. The number of aromatic hydroxyl groups is 1. The summed E-state index contributed by atoms with van der Waals surface area (Å²) >= 11 is 0. The highest BCUT2D eigenvalue weighted by Gasteiger charge is 2.20. The van der Waals surface area contributed by atoms with E-state index in [0.29, 0.717) is 28.0 Å². The van der Waals surface area contributed by atoms with Crippen molar-refractivity contribution in [3.63, 3.8) is 0 Å². The van der Waals surface area contributed by atoms with E-state index in [1.54, 1.807) is 6.20 Å². The van der Waals surface area contributed by atoms with Gasteiger partial charge in [0.25, 0.3) is 0 Å². The second kappa shape index (κ2) is 7.85. The van der Waals surface area contributed by atoms with Crippen LogP contribution in [0.25, 0.3) is 33.3 Å². The van der Waals surface area contributed by atoms with E-state index in [4.69, 9.17) is 0 Å². The van der Waals surface area contributed by atoms with Crippen LogP contribution in [0.1, 0.15) is 24.4 Å². The second-order valence-corrected chi connectivity index (χ2v) is 7.82. The summed E-state index contributed by atoms with van der Waals surface area (Å²) < 4.78 is 13.9. The number of phenolic OH excluding ortho intramolecular Hbond substituents is 1. The molecule has 0 fully saturated rings. The average Bonchev–Trinajstić information content (AvgIpc) is 3.40. The number of nitrogens with one attached hydrogen (secondary N) is 3. The number of aromatic amines is 2. The molecule has 0 saturated carbocycles. The Balaban J connectivity index is 1.58. The minimum Gasteiger partial charge on any atom is -0.507 e. The van der Waals surface area contributed by atoms with E-state index < -0.39 is 5.82 Å². The van der Waals surface area contributed by atoms with Crippen LogP contribution in [0.15, 0.2) is 67.1 Å². The normalized spacial score (nSPS) is 12.2. The summed E-state index contributed by atoms with van der Waals surface area (Å²) in [6.45, 7) is 4.08. The van der Waals surface area contributed by atoms with Gasteiger partial charge in [-0.1, -0.05) is 30.3 Å². The van der Waals surface area contributed by atoms with Crippen molar-refractivity contribution in [2.24, 2.45) is 0 Å². The molecule has 3 heterocycles. The van der Waals surface area contributed by atoms with Gasteiger partial charge in [-0.15, -0.1) is 0 Å². The number of aryl methyl sites for hydroxylation is 1. The number of fused-ring (bicyclic) bond motifs is 1. The lowest BCUT2D eigenvalue weighted by atomic mass is 10.0. The Morgan fingerprint density at radius 3 is 2.62 bits per heavy atom. The maximum atomic E-state index is 13.9. The van der Waals surface area contributed by atoms with Crippen molar-refractivity contribution in [2.45, 2.75) is 19.9 Å².